The van der Waals surface area contributed by atoms with Crippen LogP contribution in [0.3, 0.4) is 0 Å². The van der Waals surface area contributed by atoms with Crippen LogP contribution in [-0.4, -0.2) is 38.8 Å². The van der Waals surface area contributed by atoms with Gasteiger partial charge in [-0.2, -0.15) is 4.98 Å². The van der Waals surface area contributed by atoms with Crippen LogP contribution in [0.1, 0.15) is 36.9 Å². The maximum atomic E-state index is 12.4. The van der Waals surface area contributed by atoms with Gasteiger partial charge in [-0.05, 0) is 25.0 Å². The zero-order valence-corrected chi connectivity index (χ0v) is 15.3. The molecule has 3 heterocycles. The van der Waals surface area contributed by atoms with Gasteiger partial charge in [-0.3, -0.25) is 14.2 Å². The van der Waals surface area contributed by atoms with Crippen molar-refractivity contribution in [1.29, 1.82) is 0 Å². The van der Waals surface area contributed by atoms with Gasteiger partial charge < -0.3 is 14.6 Å². The van der Waals surface area contributed by atoms with Gasteiger partial charge in [0.1, 0.15) is 0 Å². The second-order valence-electron chi connectivity index (χ2n) is 6.72. The smallest absolute Gasteiger partial charge is 0.261 e. The Hall–Kier alpha value is -3.07. The summed E-state index contributed by atoms with van der Waals surface area (Å²) in [5, 5.41) is 7.29. The Morgan fingerprint density at radius 2 is 2.07 bits per heavy atom. The van der Waals surface area contributed by atoms with Crippen molar-refractivity contribution in [3.05, 3.63) is 52.7 Å². The molecule has 9 nitrogen and oxygen atoms in total. The largest absolute Gasteiger partial charge is 0.381 e. The molecule has 0 unspecified atom stereocenters. The van der Waals surface area contributed by atoms with Crippen LogP contribution in [0, 0.1) is 0 Å². The Bertz CT molecular complexity index is 1020. The summed E-state index contributed by atoms with van der Waals surface area (Å²) >= 11 is 0. The number of rotatable bonds is 6. The molecule has 0 aliphatic carbocycles. The van der Waals surface area contributed by atoms with Crippen LogP contribution in [0.25, 0.3) is 10.9 Å². The third-order valence-corrected chi connectivity index (χ3v) is 4.82. The number of carbonyl (C=O) groups is 1. The van der Waals surface area contributed by atoms with E-state index < -0.39 is 0 Å². The molecule has 4 rings (SSSR count). The van der Waals surface area contributed by atoms with Gasteiger partial charge in [0.2, 0.25) is 11.8 Å². The van der Waals surface area contributed by atoms with E-state index in [9.17, 15) is 9.59 Å². The topological polar surface area (TPSA) is 112 Å². The number of para-hydroxylation sites is 1. The maximum Gasteiger partial charge on any atom is 0.261 e. The fraction of sp³-hybridized carbons (Fsp3) is 0.421. The Labute approximate surface area is 160 Å². The van der Waals surface area contributed by atoms with Gasteiger partial charge in [0.15, 0.2) is 5.82 Å². The molecule has 1 aromatic carbocycles. The van der Waals surface area contributed by atoms with E-state index in [1.54, 1.807) is 18.2 Å². The molecule has 1 amide bonds. The summed E-state index contributed by atoms with van der Waals surface area (Å²) in [5.74, 6) is 1.08. The summed E-state index contributed by atoms with van der Waals surface area (Å²) in [5.41, 5.74) is 0.487. The molecule has 1 saturated heterocycles. The molecule has 9 heteroatoms. The molecule has 1 aliphatic heterocycles. The van der Waals surface area contributed by atoms with Crippen molar-refractivity contribution in [2.24, 2.45) is 0 Å². The van der Waals surface area contributed by atoms with Gasteiger partial charge in [-0.25, -0.2) is 4.98 Å². The summed E-state index contributed by atoms with van der Waals surface area (Å²) in [4.78, 5) is 33.2. The normalized spacial score (nSPS) is 15.0. The Balaban J connectivity index is 1.30. The first-order valence-electron chi connectivity index (χ1n) is 9.32. The van der Waals surface area contributed by atoms with E-state index in [0.29, 0.717) is 35.8 Å². The van der Waals surface area contributed by atoms with Gasteiger partial charge in [0, 0.05) is 32.1 Å². The highest BCUT2D eigenvalue weighted by molar-refractivity contribution is 5.77. The van der Waals surface area contributed by atoms with E-state index in [4.69, 9.17) is 9.26 Å². The maximum absolute atomic E-state index is 12.4. The van der Waals surface area contributed by atoms with Crippen molar-refractivity contribution in [3.63, 3.8) is 0 Å². The highest BCUT2D eigenvalue weighted by atomic mass is 16.5. The molecule has 1 fully saturated rings. The molecule has 0 atom stereocenters. The van der Waals surface area contributed by atoms with Gasteiger partial charge in [0.25, 0.3) is 5.56 Å². The summed E-state index contributed by atoms with van der Waals surface area (Å²) in [6, 6.07) is 7.14. The van der Waals surface area contributed by atoms with E-state index >= 15 is 0 Å². The average Bonchev–Trinajstić information content (AvgIpc) is 3.22. The lowest BCUT2D eigenvalue weighted by molar-refractivity contribution is -0.121. The lowest BCUT2D eigenvalue weighted by Gasteiger charge is -2.18. The van der Waals surface area contributed by atoms with Crippen LogP contribution in [0.15, 0.2) is 39.9 Å². The molecule has 0 saturated carbocycles. The second kappa shape index (κ2) is 8.30. The van der Waals surface area contributed by atoms with E-state index in [-0.39, 0.29) is 36.9 Å². The van der Waals surface area contributed by atoms with E-state index in [2.05, 4.69) is 20.4 Å². The Kier molecular flexibility index (Phi) is 5.43. The van der Waals surface area contributed by atoms with E-state index in [1.165, 1.54) is 10.9 Å². The summed E-state index contributed by atoms with van der Waals surface area (Å²) in [6.07, 6.45) is 3.37. The number of amides is 1. The molecule has 28 heavy (non-hydrogen) atoms. The van der Waals surface area contributed by atoms with Gasteiger partial charge in [-0.1, -0.05) is 17.3 Å². The Morgan fingerprint density at radius 1 is 1.25 bits per heavy atom. The number of aromatic nitrogens is 4. The summed E-state index contributed by atoms with van der Waals surface area (Å²) in [7, 11) is 0. The van der Waals surface area contributed by atoms with Crippen molar-refractivity contribution in [2.75, 3.05) is 13.2 Å². The van der Waals surface area contributed by atoms with Gasteiger partial charge >= 0.3 is 0 Å². The number of fused-ring (bicyclic) bond motifs is 1. The quantitative estimate of drug-likeness (QED) is 0.684. The van der Waals surface area contributed by atoms with Crippen LogP contribution in [0.2, 0.25) is 0 Å². The predicted octanol–water partition coefficient (Wildman–Crippen LogP) is 1.38. The number of hydrogen-bond acceptors (Lipinski definition) is 7. The van der Waals surface area contributed by atoms with Crippen molar-refractivity contribution in [3.8, 4) is 0 Å². The van der Waals surface area contributed by atoms with Crippen LogP contribution in [0.4, 0.5) is 0 Å². The Morgan fingerprint density at radius 3 is 2.93 bits per heavy atom. The number of nitrogens with one attached hydrogen (secondary N) is 1. The second-order valence-corrected chi connectivity index (χ2v) is 6.72. The number of nitrogens with zero attached hydrogens (tertiary/aromatic N) is 4. The van der Waals surface area contributed by atoms with Crippen molar-refractivity contribution in [2.45, 2.75) is 38.3 Å². The van der Waals surface area contributed by atoms with Gasteiger partial charge in [-0.15, -0.1) is 0 Å². The molecule has 146 valence electrons. The standard InChI is InChI=1S/C19H21N5O4/c25-16(5-8-24-12-21-15-4-2-1-3-14(15)19(24)26)20-11-17-22-18(23-28-17)13-6-9-27-10-7-13/h1-4,12-13H,5-11H2,(H,20,25). The number of hydrogen-bond donors (Lipinski definition) is 1. The van der Waals surface area contributed by atoms with E-state index in [0.717, 1.165) is 12.8 Å². The number of ether oxygens (including phenoxy) is 1. The van der Waals surface area contributed by atoms with Crippen LogP contribution in [0.5, 0.6) is 0 Å². The zero-order valence-electron chi connectivity index (χ0n) is 15.3. The predicted molar refractivity (Wildman–Crippen MR) is 99.6 cm³/mol. The highest BCUT2D eigenvalue weighted by Gasteiger charge is 2.21. The minimum Gasteiger partial charge on any atom is -0.381 e. The van der Waals surface area contributed by atoms with Crippen LogP contribution in [-0.2, 0) is 22.6 Å². The van der Waals surface area contributed by atoms with Crippen molar-refractivity contribution < 1.29 is 14.1 Å². The third kappa shape index (κ3) is 4.09. The van der Waals surface area contributed by atoms with Crippen molar-refractivity contribution >= 4 is 16.8 Å². The number of benzene rings is 1. The minimum absolute atomic E-state index is 0.154. The monoisotopic (exact) mass is 383 g/mol. The molecular weight excluding hydrogens is 362 g/mol. The molecule has 0 spiro atoms. The highest BCUT2D eigenvalue weighted by Crippen LogP contribution is 2.24. The first kappa shape index (κ1) is 18.3. The molecule has 2 aromatic heterocycles. The molecule has 0 radical (unpaired) electrons. The molecular formula is C19H21N5O4. The molecule has 3 aromatic rings. The minimum atomic E-state index is -0.203. The van der Waals surface area contributed by atoms with Crippen LogP contribution >= 0.6 is 0 Å². The molecule has 1 aliphatic rings. The SMILES string of the molecule is O=C(CCn1cnc2ccccc2c1=O)NCc1nc(C2CCOCC2)no1. The number of carbonyl (C=O) groups excluding carboxylic acids is 1. The fourth-order valence-corrected chi connectivity index (χ4v) is 3.21. The third-order valence-electron chi connectivity index (χ3n) is 4.82. The number of aryl methyl sites for hydroxylation is 1. The lowest BCUT2D eigenvalue weighted by Crippen LogP contribution is -2.27. The van der Waals surface area contributed by atoms with Gasteiger partial charge in [0.05, 0.1) is 23.8 Å². The lowest BCUT2D eigenvalue weighted by atomic mass is 10.00. The molecule has 0 bridgehead atoms. The average molecular weight is 383 g/mol. The first-order valence-corrected chi connectivity index (χ1v) is 9.32. The fourth-order valence-electron chi connectivity index (χ4n) is 3.21. The van der Waals surface area contributed by atoms with Crippen molar-refractivity contribution in [1.82, 2.24) is 25.0 Å². The molecule has 1 N–H and O–H groups in total. The zero-order chi connectivity index (χ0) is 19.3. The summed E-state index contributed by atoms with van der Waals surface area (Å²) in [6.45, 7) is 1.82. The van der Waals surface area contributed by atoms with E-state index in [1.807, 2.05) is 6.07 Å². The first-order chi connectivity index (χ1) is 13.7. The summed E-state index contributed by atoms with van der Waals surface area (Å²) < 4.78 is 12.0. The van der Waals surface area contributed by atoms with Crippen LogP contribution < -0.4 is 10.9 Å².